The van der Waals surface area contributed by atoms with Crippen LogP contribution >= 0.6 is 0 Å². The number of hydrogen-bond donors (Lipinski definition) is 0. The summed E-state index contributed by atoms with van der Waals surface area (Å²) in [5.74, 6) is 0.237. The van der Waals surface area contributed by atoms with Crippen LogP contribution in [0.25, 0.3) is 22.0 Å². The van der Waals surface area contributed by atoms with E-state index in [0.29, 0.717) is 11.1 Å². The Morgan fingerprint density at radius 2 is 1.76 bits per heavy atom. The zero-order valence-electron chi connectivity index (χ0n) is 14.1. The zero-order chi connectivity index (χ0) is 17.8. The molecule has 0 aliphatic rings. The van der Waals surface area contributed by atoms with Gasteiger partial charge in [0.15, 0.2) is 0 Å². The van der Waals surface area contributed by atoms with Crippen molar-refractivity contribution >= 4 is 16.7 Å². The smallest absolute Gasteiger partial charge is 0.327 e. The number of benzene rings is 2. The molecular weight excluding hydrogens is 320 g/mol. The molecule has 0 atom stereocenters. The van der Waals surface area contributed by atoms with Gasteiger partial charge in [0, 0.05) is 10.9 Å². The SMILES string of the molecule is CCOC(=O)Cn1nc(-c2ccc(OC)cc2)c2ccccc2c1=O. The minimum atomic E-state index is -0.493. The summed E-state index contributed by atoms with van der Waals surface area (Å²) in [6.45, 7) is 1.75. The topological polar surface area (TPSA) is 70.4 Å². The van der Waals surface area contributed by atoms with E-state index in [1.807, 2.05) is 36.4 Å². The van der Waals surface area contributed by atoms with Crippen LogP contribution in [-0.2, 0) is 16.1 Å². The Morgan fingerprint density at radius 1 is 1.08 bits per heavy atom. The van der Waals surface area contributed by atoms with Crippen molar-refractivity contribution in [3.63, 3.8) is 0 Å². The Morgan fingerprint density at radius 3 is 2.40 bits per heavy atom. The Balaban J connectivity index is 2.17. The third-order valence-corrected chi connectivity index (χ3v) is 3.82. The Hall–Kier alpha value is -3.15. The van der Waals surface area contributed by atoms with Gasteiger partial charge in [-0.3, -0.25) is 9.59 Å². The van der Waals surface area contributed by atoms with Gasteiger partial charge in [0.25, 0.3) is 5.56 Å². The van der Waals surface area contributed by atoms with E-state index < -0.39 is 5.97 Å². The monoisotopic (exact) mass is 338 g/mol. The lowest BCUT2D eigenvalue weighted by molar-refractivity contribution is -0.144. The molecule has 6 nitrogen and oxygen atoms in total. The van der Waals surface area contributed by atoms with Crippen molar-refractivity contribution in [1.82, 2.24) is 9.78 Å². The summed E-state index contributed by atoms with van der Waals surface area (Å²) in [7, 11) is 1.60. The van der Waals surface area contributed by atoms with Crippen molar-refractivity contribution in [2.75, 3.05) is 13.7 Å². The molecule has 3 aromatic rings. The Kier molecular flexibility index (Phi) is 4.79. The second-order valence-electron chi connectivity index (χ2n) is 5.39. The first-order valence-electron chi connectivity index (χ1n) is 7.94. The summed E-state index contributed by atoms with van der Waals surface area (Å²) in [5, 5.41) is 5.65. The summed E-state index contributed by atoms with van der Waals surface area (Å²) in [6, 6.07) is 14.6. The van der Waals surface area contributed by atoms with E-state index in [4.69, 9.17) is 9.47 Å². The lowest BCUT2D eigenvalue weighted by Gasteiger charge is -2.11. The van der Waals surface area contributed by atoms with Gasteiger partial charge in [-0.1, -0.05) is 18.2 Å². The molecule has 128 valence electrons. The molecule has 0 bridgehead atoms. The first kappa shape index (κ1) is 16.7. The number of hydrogen-bond acceptors (Lipinski definition) is 5. The van der Waals surface area contributed by atoms with Gasteiger partial charge >= 0.3 is 5.97 Å². The highest BCUT2D eigenvalue weighted by atomic mass is 16.5. The second kappa shape index (κ2) is 7.17. The number of nitrogens with zero attached hydrogens (tertiary/aromatic N) is 2. The highest BCUT2D eigenvalue weighted by molar-refractivity contribution is 5.93. The molecule has 0 aliphatic carbocycles. The van der Waals surface area contributed by atoms with Gasteiger partial charge in [-0.05, 0) is 37.3 Å². The number of rotatable bonds is 5. The molecule has 2 aromatic carbocycles. The van der Waals surface area contributed by atoms with Crippen molar-refractivity contribution < 1.29 is 14.3 Å². The van der Waals surface area contributed by atoms with E-state index in [0.717, 1.165) is 21.4 Å². The normalized spacial score (nSPS) is 10.6. The van der Waals surface area contributed by atoms with Crippen LogP contribution in [0.3, 0.4) is 0 Å². The molecule has 0 unspecified atom stereocenters. The van der Waals surface area contributed by atoms with Crippen LogP contribution in [0.2, 0.25) is 0 Å². The number of aromatic nitrogens is 2. The largest absolute Gasteiger partial charge is 0.497 e. The summed E-state index contributed by atoms with van der Waals surface area (Å²) >= 11 is 0. The average molecular weight is 338 g/mol. The molecule has 0 amide bonds. The van der Waals surface area contributed by atoms with E-state index >= 15 is 0 Å². The summed E-state index contributed by atoms with van der Waals surface area (Å²) in [5.41, 5.74) is 1.14. The summed E-state index contributed by atoms with van der Waals surface area (Å²) in [6.07, 6.45) is 0. The maximum Gasteiger partial charge on any atom is 0.327 e. The summed E-state index contributed by atoms with van der Waals surface area (Å²) in [4.78, 5) is 24.4. The molecule has 0 radical (unpaired) electrons. The fourth-order valence-corrected chi connectivity index (χ4v) is 2.63. The van der Waals surface area contributed by atoms with E-state index in [2.05, 4.69) is 5.10 Å². The minimum Gasteiger partial charge on any atom is -0.497 e. The van der Waals surface area contributed by atoms with Gasteiger partial charge in [0.1, 0.15) is 12.3 Å². The predicted molar refractivity (Wildman–Crippen MR) is 94.6 cm³/mol. The molecular formula is C19H18N2O4. The van der Waals surface area contributed by atoms with Crippen LogP contribution in [0.1, 0.15) is 6.92 Å². The van der Waals surface area contributed by atoms with Gasteiger partial charge in [0.2, 0.25) is 0 Å². The summed E-state index contributed by atoms with van der Waals surface area (Å²) < 4.78 is 11.3. The van der Waals surface area contributed by atoms with Gasteiger partial charge in [-0.15, -0.1) is 0 Å². The molecule has 0 saturated carbocycles. The molecule has 1 heterocycles. The maximum absolute atomic E-state index is 12.6. The first-order chi connectivity index (χ1) is 12.1. The van der Waals surface area contributed by atoms with E-state index in [9.17, 15) is 9.59 Å². The van der Waals surface area contributed by atoms with E-state index in [1.165, 1.54) is 0 Å². The number of carbonyl (C=O) groups is 1. The van der Waals surface area contributed by atoms with Gasteiger partial charge < -0.3 is 9.47 Å². The van der Waals surface area contributed by atoms with E-state index in [1.54, 1.807) is 26.2 Å². The molecule has 0 saturated heterocycles. The van der Waals surface area contributed by atoms with Crippen LogP contribution in [0, 0.1) is 0 Å². The fourth-order valence-electron chi connectivity index (χ4n) is 2.63. The molecule has 1 aromatic heterocycles. The van der Waals surface area contributed by atoms with Gasteiger partial charge in [-0.25, -0.2) is 4.68 Å². The highest BCUT2D eigenvalue weighted by Gasteiger charge is 2.14. The maximum atomic E-state index is 12.6. The molecule has 0 N–H and O–H groups in total. The van der Waals surface area contributed by atoms with Gasteiger partial charge in [-0.2, -0.15) is 5.10 Å². The molecule has 0 fully saturated rings. The highest BCUT2D eigenvalue weighted by Crippen LogP contribution is 2.26. The second-order valence-corrected chi connectivity index (χ2v) is 5.39. The molecule has 25 heavy (non-hydrogen) atoms. The quantitative estimate of drug-likeness (QED) is 0.669. The first-order valence-corrected chi connectivity index (χ1v) is 7.94. The molecule has 6 heteroatoms. The predicted octanol–water partition coefficient (Wildman–Crippen LogP) is 2.64. The number of ether oxygens (including phenoxy) is 2. The fraction of sp³-hybridized carbons (Fsp3) is 0.211. The standard InChI is InChI=1S/C19H18N2O4/c1-3-25-17(22)12-21-19(23)16-7-5-4-6-15(16)18(20-21)13-8-10-14(24-2)11-9-13/h4-11H,3,12H2,1-2H3. The van der Waals surface area contributed by atoms with Crippen molar-refractivity contribution in [2.24, 2.45) is 0 Å². The van der Waals surface area contributed by atoms with Crippen LogP contribution in [0.5, 0.6) is 5.75 Å². The molecule has 3 rings (SSSR count). The Bertz CT molecular complexity index is 961. The molecule has 0 spiro atoms. The number of carbonyl (C=O) groups excluding carboxylic acids is 1. The van der Waals surface area contributed by atoms with Crippen LogP contribution in [0.4, 0.5) is 0 Å². The molecule has 0 aliphatic heterocycles. The number of fused-ring (bicyclic) bond motifs is 1. The van der Waals surface area contributed by atoms with Crippen LogP contribution < -0.4 is 10.3 Å². The minimum absolute atomic E-state index is 0.222. The lowest BCUT2D eigenvalue weighted by Crippen LogP contribution is -2.28. The zero-order valence-corrected chi connectivity index (χ0v) is 14.1. The van der Waals surface area contributed by atoms with E-state index in [-0.39, 0.29) is 18.7 Å². The van der Waals surface area contributed by atoms with Crippen molar-refractivity contribution in [3.8, 4) is 17.0 Å². The Labute approximate surface area is 144 Å². The number of methoxy groups -OCH3 is 1. The van der Waals surface area contributed by atoms with Crippen molar-refractivity contribution in [1.29, 1.82) is 0 Å². The van der Waals surface area contributed by atoms with Crippen molar-refractivity contribution in [3.05, 3.63) is 58.9 Å². The number of esters is 1. The van der Waals surface area contributed by atoms with Crippen LogP contribution in [0.15, 0.2) is 53.3 Å². The third-order valence-electron chi connectivity index (χ3n) is 3.82. The lowest BCUT2D eigenvalue weighted by atomic mass is 10.0. The average Bonchev–Trinajstić information content (AvgIpc) is 2.64. The van der Waals surface area contributed by atoms with Crippen molar-refractivity contribution in [2.45, 2.75) is 13.5 Å². The van der Waals surface area contributed by atoms with Crippen LogP contribution in [-0.4, -0.2) is 29.5 Å². The third kappa shape index (κ3) is 3.38. The van der Waals surface area contributed by atoms with Gasteiger partial charge in [0.05, 0.1) is 24.8 Å².